The molecule has 0 unspecified atom stereocenters. The van der Waals surface area contributed by atoms with E-state index in [1.807, 2.05) is 6.07 Å². The second-order valence-electron chi connectivity index (χ2n) is 5.64. The van der Waals surface area contributed by atoms with E-state index in [1.165, 1.54) is 12.3 Å². The summed E-state index contributed by atoms with van der Waals surface area (Å²) in [5.41, 5.74) is 0.780. The summed E-state index contributed by atoms with van der Waals surface area (Å²) in [5, 5.41) is 3.26. The highest BCUT2D eigenvalue weighted by molar-refractivity contribution is 6.30. The third-order valence-electron chi connectivity index (χ3n) is 3.77. The van der Waals surface area contributed by atoms with Crippen molar-refractivity contribution in [2.24, 2.45) is 0 Å². The molecular formula is C20H17ClN2O4. The molecule has 1 aromatic heterocycles. The number of hydrogen-bond donors (Lipinski definition) is 1. The van der Waals surface area contributed by atoms with Crippen molar-refractivity contribution in [3.05, 3.63) is 93.4 Å². The number of benzene rings is 2. The van der Waals surface area contributed by atoms with Gasteiger partial charge in [0.2, 0.25) is 0 Å². The Labute approximate surface area is 160 Å². The molecule has 0 fully saturated rings. The first-order valence-corrected chi connectivity index (χ1v) is 8.49. The molecule has 0 aliphatic rings. The third-order valence-corrected chi connectivity index (χ3v) is 4.00. The Hall–Kier alpha value is -3.25. The van der Waals surface area contributed by atoms with Gasteiger partial charge in [0.1, 0.15) is 17.9 Å². The van der Waals surface area contributed by atoms with E-state index < -0.39 is 11.5 Å². The SMILES string of the molecule is COc1ccc(NC(=O)c2cccn(OCc3cccc(Cl)c3)c2=O)cc1. The molecule has 0 bridgehead atoms. The van der Waals surface area contributed by atoms with Gasteiger partial charge in [0.05, 0.1) is 7.11 Å². The van der Waals surface area contributed by atoms with Crippen LogP contribution in [0.15, 0.2) is 71.7 Å². The van der Waals surface area contributed by atoms with Gasteiger partial charge in [-0.15, -0.1) is 0 Å². The van der Waals surface area contributed by atoms with Gasteiger partial charge in [0, 0.05) is 16.9 Å². The van der Waals surface area contributed by atoms with E-state index in [1.54, 1.807) is 55.6 Å². The zero-order valence-electron chi connectivity index (χ0n) is 14.5. The summed E-state index contributed by atoms with van der Waals surface area (Å²) in [7, 11) is 1.56. The number of halogens is 1. The van der Waals surface area contributed by atoms with Crippen molar-refractivity contribution in [2.75, 3.05) is 12.4 Å². The van der Waals surface area contributed by atoms with E-state index in [0.717, 1.165) is 10.3 Å². The molecule has 2 aromatic carbocycles. The number of rotatable bonds is 6. The number of anilines is 1. The highest BCUT2D eigenvalue weighted by atomic mass is 35.5. The Kier molecular flexibility index (Phi) is 5.78. The number of pyridine rings is 1. The Morgan fingerprint density at radius 2 is 1.89 bits per heavy atom. The molecule has 3 aromatic rings. The Morgan fingerprint density at radius 1 is 1.11 bits per heavy atom. The molecule has 0 spiro atoms. The molecule has 1 amide bonds. The zero-order chi connectivity index (χ0) is 19.2. The number of nitrogens with one attached hydrogen (secondary N) is 1. The average Bonchev–Trinajstić information content (AvgIpc) is 2.68. The fourth-order valence-corrected chi connectivity index (χ4v) is 2.61. The molecule has 0 saturated heterocycles. The van der Waals surface area contributed by atoms with E-state index in [-0.39, 0.29) is 12.2 Å². The van der Waals surface area contributed by atoms with Crippen molar-refractivity contribution in [3.63, 3.8) is 0 Å². The maximum absolute atomic E-state index is 12.5. The summed E-state index contributed by atoms with van der Waals surface area (Å²) in [6.07, 6.45) is 1.46. The van der Waals surface area contributed by atoms with Crippen LogP contribution in [0.2, 0.25) is 5.02 Å². The van der Waals surface area contributed by atoms with Gasteiger partial charge in [0.25, 0.3) is 11.5 Å². The molecule has 6 nitrogen and oxygen atoms in total. The van der Waals surface area contributed by atoms with Crippen LogP contribution >= 0.6 is 11.6 Å². The Balaban J connectivity index is 1.73. The van der Waals surface area contributed by atoms with Gasteiger partial charge >= 0.3 is 0 Å². The lowest BCUT2D eigenvalue weighted by atomic mass is 10.2. The molecule has 1 heterocycles. The van der Waals surface area contributed by atoms with Gasteiger partial charge in [0.15, 0.2) is 0 Å². The molecule has 138 valence electrons. The number of carbonyl (C=O) groups excluding carboxylic acids is 1. The lowest BCUT2D eigenvalue weighted by Gasteiger charge is -2.10. The van der Waals surface area contributed by atoms with E-state index in [2.05, 4.69) is 5.32 Å². The molecule has 27 heavy (non-hydrogen) atoms. The van der Waals surface area contributed by atoms with Gasteiger partial charge in [-0.05, 0) is 54.1 Å². The van der Waals surface area contributed by atoms with E-state index in [4.69, 9.17) is 21.2 Å². The smallest absolute Gasteiger partial charge is 0.295 e. The van der Waals surface area contributed by atoms with Gasteiger partial charge in [-0.3, -0.25) is 9.59 Å². The fraction of sp³-hybridized carbons (Fsp3) is 0.100. The monoisotopic (exact) mass is 384 g/mol. The number of methoxy groups -OCH3 is 1. The van der Waals surface area contributed by atoms with Crippen LogP contribution in [0, 0.1) is 0 Å². The molecule has 1 N–H and O–H groups in total. The highest BCUT2D eigenvalue weighted by Gasteiger charge is 2.13. The van der Waals surface area contributed by atoms with E-state index >= 15 is 0 Å². The molecule has 0 saturated carbocycles. The van der Waals surface area contributed by atoms with Gasteiger partial charge in [-0.25, -0.2) is 0 Å². The van der Waals surface area contributed by atoms with Crippen LogP contribution in [0.5, 0.6) is 5.75 Å². The molecule has 0 aliphatic heterocycles. The second kappa shape index (κ2) is 8.42. The van der Waals surface area contributed by atoms with Crippen molar-refractivity contribution in [3.8, 4) is 5.75 Å². The number of nitrogens with zero attached hydrogens (tertiary/aromatic N) is 1. The molecule has 0 atom stereocenters. The predicted octanol–water partition coefficient (Wildman–Crippen LogP) is 3.39. The maximum atomic E-state index is 12.5. The first-order chi connectivity index (χ1) is 13.1. The minimum atomic E-state index is -0.550. The quantitative estimate of drug-likeness (QED) is 0.707. The Bertz CT molecular complexity index is 999. The summed E-state index contributed by atoms with van der Waals surface area (Å²) < 4.78 is 6.11. The van der Waals surface area contributed by atoms with Crippen LogP contribution in [-0.2, 0) is 6.61 Å². The minimum absolute atomic E-state index is 0.0283. The van der Waals surface area contributed by atoms with Crippen molar-refractivity contribution >= 4 is 23.2 Å². The average molecular weight is 385 g/mol. The van der Waals surface area contributed by atoms with Crippen LogP contribution in [0.4, 0.5) is 5.69 Å². The number of amides is 1. The number of carbonyl (C=O) groups is 1. The molecule has 0 aliphatic carbocycles. The van der Waals surface area contributed by atoms with Crippen molar-refractivity contribution in [1.29, 1.82) is 0 Å². The normalized spacial score (nSPS) is 10.3. The molecular weight excluding hydrogens is 368 g/mol. The van der Waals surface area contributed by atoms with Crippen LogP contribution < -0.4 is 20.5 Å². The summed E-state index contributed by atoms with van der Waals surface area (Å²) in [4.78, 5) is 30.5. The minimum Gasteiger partial charge on any atom is -0.497 e. The van der Waals surface area contributed by atoms with Crippen LogP contribution in [0.1, 0.15) is 15.9 Å². The standard InChI is InChI=1S/C20H17ClN2O4/c1-26-17-9-7-16(8-10-17)22-19(24)18-6-3-11-23(20(18)25)27-13-14-4-2-5-15(21)12-14/h2-12H,13H2,1H3,(H,22,24). The molecule has 7 heteroatoms. The first kappa shape index (κ1) is 18.5. The van der Waals surface area contributed by atoms with Gasteiger partial charge in [-0.1, -0.05) is 23.7 Å². The Morgan fingerprint density at radius 3 is 2.59 bits per heavy atom. The topological polar surface area (TPSA) is 69.6 Å². The zero-order valence-corrected chi connectivity index (χ0v) is 15.3. The van der Waals surface area contributed by atoms with Gasteiger partial charge < -0.3 is 14.9 Å². The van der Waals surface area contributed by atoms with Crippen LogP contribution in [0.25, 0.3) is 0 Å². The van der Waals surface area contributed by atoms with Crippen molar-refractivity contribution in [1.82, 2.24) is 4.73 Å². The number of ether oxygens (including phenoxy) is 1. The third kappa shape index (κ3) is 4.68. The molecule has 3 rings (SSSR count). The second-order valence-corrected chi connectivity index (χ2v) is 6.08. The van der Waals surface area contributed by atoms with Crippen LogP contribution in [0.3, 0.4) is 0 Å². The van der Waals surface area contributed by atoms with Crippen molar-refractivity contribution in [2.45, 2.75) is 6.61 Å². The summed E-state index contributed by atoms with van der Waals surface area (Å²) >= 11 is 5.94. The summed E-state index contributed by atoms with van der Waals surface area (Å²) in [5.74, 6) is 0.148. The number of aromatic nitrogens is 1. The number of hydrogen-bond acceptors (Lipinski definition) is 4. The first-order valence-electron chi connectivity index (χ1n) is 8.11. The van der Waals surface area contributed by atoms with Crippen molar-refractivity contribution < 1.29 is 14.4 Å². The lowest BCUT2D eigenvalue weighted by Crippen LogP contribution is -2.32. The lowest BCUT2D eigenvalue weighted by molar-refractivity contribution is 0.0863. The van der Waals surface area contributed by atoms with Gasteiger partial charge in [-0.2, -0.15) is 4.73 Å². The van der Waals surface area contributed by atoms with E-state index in [0.29, 0.717) is 16.5 Å². The highest BCUT2D eigenvalue weighted by Crippen LogP contribution is 2.15. The van der Waals surface area contributed by atoms with Crippen LogP contribution in [-0.4, -0.2) is 17.7 Å². The summed E-state index contributed by atoms with van der Waals surface area (Å²) in [6, 6.07) is 16.9. The largest absolute Gasteiger partial charge is 0.497 e. The predicted molar refractivity (Wildman–Crippen MR) is 103 cm³/mol. The molecule has 0 radical (unpaired) electrons. The summed E-state index contributed by atoms with van der Waals surface area (Å²) in [6.45, 7) is 0.143. The fourth-order valence-electron chi connectivity index (χ4n) is 2.39. The van der Waals surface area contributed by atoms with E-state index in [9.17, 15) is 9.59 Å². The maximum Gasteiger partial charge on any atom is 0.295 e.